The average Bonchev–Trinajstić information content (AvgIpc) is 3.99. The molecule has 4 atom stereocenters. The maximum absolute atomic E-state index is 14.9. The minimum atomic E-state index is -1.41. The van der Waals surface area contributed by atoms with Crippen LogP contribution in [-0.2, 0) is 47.7 Å². The van der Waals surface area contributed by atoms with Gasteiger partial charge in [-0.25, -0.2) is 0 Å². The Morgan fingerprint density at radius 3 is 0.825 bits per heavy atom. The van der Waals surface area contributed by atoms with Gasteiger partial charge in [0.1, 0.15) is 30.5 Å². The van der Waals surface area contributed by atoms with Gasteiger partial charge in [-0.05, 0) is 202 Å². The number of esters is 5. The molecule has 324 valence electrons. The molecule has 0 aromatic heterocycles. The summed E-state index contributed by atoms with van der Waals surface area (Å²) in [4.78, 5) is 72.3. The number of carbonyl (C=O) groups is 5. The predicted molar refractivity (Wildman–Crippen MR) is 217 cm³/mol. The molecule has 5 rings (SSSR count). The van der Waals surface area contributed by atoms with E-state index in [1.54, 1.807) is 13.8 Å². The van der Waals surface area contributed by atoms with Gasteiger partial charge in [-0.2, -0.15) is 0 Å². The van der Waals surface area contributed by atoms with Crippen LogP contribution in [0.15, 0.2) is 0 Å². The molecule has 0 aromatic carbocycles. The van der Waals surface area contributed by atoms with Crippen molar-refractivity contribution in [3.8, 4) is 0 Å². The fourth-order valence-electron chi connectivity index (χ4n) is 11.1. The Morgan fingerprint density at radius 1 is 0.351 bits per heavy atom. The predicted octanol–water partition coefficient (Wildman–Crippen LogP) is 10.4. The number of hydrogen-bond donors (Lipinski definition) is 0. The highest BCUT2D eigenvalue weighted by Gasteiger charge is 2.57. The van der Waals surface area contributed by atoms with Crippen molar-refractivity contribution in [1.29, 1.82) is 0 Å². The first-order valence-corrected chi connectivity index (χ1v) is 22.9. The van der Waals surface area contributed by atoms with Crippen LogP contribution in [0.3, 0.4) is 0 Å². The van der Waals surface area contributed by atoms with E-state index in [2.05, 4.69) is 0 Å². The Bertz CT molecular complexity index is 1390. The van der Waals surface area contributed by atoms with Gasteiger partial charge in [-0.15, -0.1) is 0 Å². The van der Waals surface area contributed by atoms with Crippen molar-refractivity contribution in [3.05, 3.63) is 0 Å². The van der Waals surface area contributed by atoms with Crippen LogP contribution in [0.25, 0.3) is 0 Å². The molecule has 5 saturated carbocycles. The molecule has 0 radical (unpaired) electrons. The summed E-state index contributed by atoms with van der Waals surface area (Å²) in [5, 5.41) is 0. The topological polar surface area (TPSA) is 132 Å². The van der Waals surface area contributed by atoms with Gasteiger partial charge in [-0.1, -0.05) is 6.92 Å². The molecule has 10 heteroatoms. The fraction of sp³-hybridized carbons (Fsp3) is 0.894. The number of ether oxygens (including phenoxy) is 5. The number of carbonyl (C=O) groups excluding carboxylic acids is 5. The summed E-state index contributed by atoms with van der Waals surface area (Å²) >= 11 is 0. The van der Waals surface area contributed by atoms with Crippen LogP contribution >= 0.6 is 0 Å². The molecule has 57 heavy (non-hydrogen) atoms. The van der Waals surface area contributed by atoms with E-state index in [4.69, 9.17) is 23.7 Å². The molecule has 0 aromatic rings. The highest BCUT2D eigenvalue weighted by Crippen LogP contribution is 2.53. The summed E-state index contributed by atoms with van der Waals surface area (Å²) in [6.45, 7) is 12.8. The summed E-state index contributed by atoms with van der Waals surface area (Å²) in [5.74, 6) is -2.08. The molecule has 0 saturated heterocycles. The zero-order valence-electron chi connectivity index (χ0n) is 36.6. The van der Waals surface area contributed by atoms with Crippen LogP contribution in [-0.4, -0.2) is 60.4 Å². The summed E-state index contributed by atoms with van der Waals surface area (Å²) in [7, 11) is 0. The SMILES string of the molecule is CCC(C)(CC(C)(CC(C)(CC(C)(CC(C)(C)C(=O)OC1CCCC1)C(=O)OC1CCCC1)C(=O)OC1CCCC1)C(=O)OC1CCCC1)C(=O)OC1CCCC1. The number of rotatable bonds is 19. The molecule has 0 heterocycles. The molecule has 10 nitrogen and oxygen atoms in total. The molecular formula is C47H76O10. The van der Waals surface area contributed by atoms with Crippen molar-refractivity contribution in [3.63, 3.8) is 0 Å². The molecule has 0 spiro atoms. The highest BCUT2D eigenvalue weighted by atomic mass is 16.6. The lowest BCUT2D eigenvalue weighted by Crippen LogP contribution is -2.50. The fourth-order valence-corrected chi connectivity index (χ4v) is 11.1. The van der Waals surface area contributed by atoms with Crippen LogP contribution in [0.2, 0.25) is 0 Å². The van der Waals surface area contributed by atoms with E-state index in [0.29, 0.717) is 6.42 Å². The lowest BCUT2D eigenvalue weighted by molar-refractivity contribution is -0.179. The summed E-state index contributed by atoms with van der Waals surface area (Å²) in [5.41, 5.74) is -6.21. The van der Waals surface area contributed by atoms with E-state index in [1.165, 1.54) is 0 Å². The molecular weight excluding hydrogens is 725 g/mol. The molecule has 0 N–H and O–H groups in total. The lowest BCUT2D eigenvalue weighted by atomic mass is 9.59. The second-order valence-corrected chi connectivity index (χ2v) is 20.7. The van der Waals surface area contributed by atoms with Crippen LogP contribution in [0, 0.1) is 27.1 Å². The number of hydrogen-bond acceptors (Lipinski definition) is 10. The minimum absolute atomic E-state index is 0.0251. The summed E-state index contributed by atoms with van der Waals surface area (Å²) < 4.78 is 31.0. The van der Waals surface area contributed by atoms with Gasteiger partial charge in [0.15, 0.2) is 0 Å². The first kappa shape index (κ1) is 45.4. The second kappa shape index (κ2) is 19.2. The van der Waals surface area contributed by atoms with E-state index in [9.17, 15) is 24.0 Å². The van der Waals surface area contributed by atoms with Gasteiger partial charge in [0, 0.05) is 0 Å². The van der Waals surface area contributed by atoms with Gasteiger partial charge in [0.2, 0.25) is 0 Å². The lowest BCUT2D eigenvalue weighted by Gasteiger charge is -2.45. The third-order valence-electron chi connectivity index (χ3n) is 14.4. The zero-order chi connectivity index (χ0) is 41.5. The van der Waals surface area contributed by atoms with Crippen molar-refractivity contribution in [2.75, 3.05) is 0 Å². The minimum Gasteiger partial charge on any atom is -0.462 e. The maximum atomic E-state index is 14.9. The Balaban J connectivity index is 1.53. The highest BCUT2D eigenvalue weighted by molar-refractivity contribution is 5.85. The molecule has 5 aliphatic rings. The van der Waals surface area contributed by atoms with E-state index in [-0.39, 0.29) is 68.1 Å². The molecule has 0 bridgehead atoms. The van der Waals surface area contributed by atoms with Crippen LogP contribution in [0.5, 0.6) is 0 Å². The van der Waals surface area contributed by atoms with Gasteiger partial charge in [0.05, 0.1) is 27.1 Å². The summed E-state index contributed by atoms with van der Waals surface area (Å²) in [6, 6.07) is 0. The Morgan fingerprint density at radius 2 is 0.561 bits per heavy atom. The summed E-state index contributed by atoms with van der Waals surface area (Å²) in [6.07, 6.45) is 17.3. The van der Waals surface area contributed by atoms with Crippen molar-refractivity contribution in [2.24, 2.45) is 27.1 Å². The van der Waals surface area contributed by atoms with Crippen molar-refractivity contribution < 1.29 is 47.7 Å². The van der Waals surface area contributed by atoms with Gasteiger partial charge < -0.3 is 23.7 Å². The van der Waals surface area contributed by atoms with Gasteiger partial charge in [0.25, 0.3) is 0 Å². The standard InChI is InChI=1S/C47H76O10/c1-8-44(4,39(49)54-34-21-11-12-22-34)30-46(6,41(51)56-36-25-15-16-26-36)32-47(7,42(52)57-37-27-17-18-28-37)31-45(5,40(50)55-35-23-13-14-24-35)29-43(2,3)38(48)53-33-19-9-10-20-33/h33-37H,8-32H2,1-7H3. The van der Waals surface area contributed by atoms with E-state index in [1.807, 2.05) is 34.6 Å². The molecule has 0 aliphatic heterocycles. The monoisotopic (exact) mass is 801 g/mol. The van der Waals surface area contributed by atoms with Crippen LogP contribution < -0.4 is 0 Å². The molecule has 0 amide bonds. The maximum Gasteiger partial charge on any atom is 0.312 e. The largest absolute Gasteiger partial charge is 0.462 e. The third kappa shape index (κ3) is 11.8. The van der Waals surface area contributed by atoms with Crippen LogP contribution in [0.4, 0.5) is 0 Å². The molecule has 4 unspecified atom stereocenters. The smallest absolute Gasteiger partial charge is 0.312 e. The third-order valence-corrected chi connectivity index (χ3v) is 14.4. The van der Waals surface area contributed by atoms with Gasteiger partial charge in [-0.3, -0.25) is 24.0 Å². The Kier molecular flexibility index (Phi) is 15.3. The second-order valence-electron chi connectivity index (χ2n) is 20.7. The normalized spacial score (nSPS) is 24.6. The molecule has 5 fully saturated rings. The van der Waals surface area contributed by atoms with Gasteiger partial charge >= 0.3 is 29.8 Å². The van der Waals surface area contributed by atoms with Crippen molar-refractivity contribution in [2.45, 2.75) is 240 Å². The zero-order valence-corrected chi connectivity index (χ0v) is 36.6. The van der Waals surface area contributed by atoms with E-state index < -0.39 is 45.0 Å². The quantitative estimate of drug-likeness (QED) is 0.0918. The molecule has 5 aliphatic carbocycles. The van der Waals surface area contributed by atoms with E-state index >= 15 is 0 Å². The van der Waals surface area contributed by atoms with E-state index in [0.717, 1.165) is 128 Å². The Labute approximate surface area is 343 Å². The van der Waals surface area contributed by atoms with Crippen molar-refractivity contribution in [1.82, 2.24) is 0 Å². The van der Waals surface area contributed by atoms with Crippen molar-refractivity contribution >= 4 is 29.8 Å². The first-order chi connectivity index (χ1) is 26.9. The first-order valence-electron chi connectivity index (χ1n) is 22.9. The average molecular weight is 801 g/mol. The van der Waals surface area contributed by atoms with Crippen LogP contribution in [0.1, 0.15) is 209 Å². The Hall–Kier alpha value is -2.65.